The second-order valence-electron chi connectivity index (χ2n) is 5.82. The van der Waals surface area contributed by atoms with Crippen molar-refractivity contribution in [3.63, 3.8) is 0 Å². The number of carbonyl (C=O) groups excluding carboxylic acids is 2. The van der Waals surface area contributed by atoms with Crippen molar-refractivity contribution in [2.45, 2.75) is 57.7 Å². The number of esters is 1. The Balaban J connectivity index is 1.94. The molecule has 0 spiro atoms. The molecule has 1 heterocycles. The number of carbonyl (C=O) groups is 2. The van der Waals surface area contributed by atoms with E-state index >= 15 is 0 Å². The first-order valence-corrected chi connectivity index (χ1v) is 7.21. The number of hydrogen-bond donors (Lipinski definition) is 0. The van der Waals surface area contributed by atoms with Crippen molar-refractivity contribution in [3.8, 4) is 0 Å². The second kappa shape index (κ2) is 5.80. The zero-order valence-corrected chi connectivity index (χ0v) is 12.1. The second-order valence-corrected chi connectivity index (χ2v) is 5.82. The van der Waals surface area contributed by atoms with Crippen LogP contribution >= 0.6 is 0 Å². The van der Waals surface area contributed by atoms with E-state index in [1.807, 2.05) is 6.92 Å². The van der Waals surface area contributed by atoms with Crippen LogP contribution < -0.4 is 0 Å². The van der Waals surface area contributed by atoms with Gasteiger partial charge in [0.05, 0.1) is 5.92 Å². The Morgan fingerprint density at radius 2 is 1.79 bits per heavy atom. The summed E-state index contributed by atoms with van der Waals surface area (Å²) in [5, 5.41) is 0. The molecule has 1 aliphatic carbocycles. The fourth-order valence-corrected chi connectivity index (χ4v) is 2.86. The maximum Gasteiger partial charge on any atom is 0.322 e. The molecule has 0 aromatic rings. The zero-order chi connectivity index (χ0) is 14.0. The van der Waals surface area contributed by atoms with Crippen LogP contribution in [0.2, 0.25) is 0 Å². The number of rotatable bonds is 2. The van der Waals surface area contributed by atoms with Gasteiger partial charge in [0.2, 0.25) is 0 Å². The summed E-state index contributed by atoms with van der Waals surface area (Å²) < 4.78 is 5.57. The van der Waals surface area contributed by atoms with Gasteiger partial charge in [0.1, 0.15) is 0 Å². The molecule has 5 nitrogen and oxygen atoms in total. The maximum absolute atomic E-state index is 12.1. The van der Waals surface area contributed by atoms with E-state index in [2.05, 4.69) is 0 Å². The minimum atomic E-state index is -0.409. The van der Waals surface area contributed by atoms with Crippen LogP contribution in [0, 0.1) is 5.92 Å². The van der Waals surface area contributed by atoms with Crippen LogP contribution in [-0.2, 0) is 9.53 Å². The largest absolute Gasteiger partial charge is 0.441 e. The van der Waals surface area contributed by atoms with Crippen molar-refractivity contribution < 1.29 is 14.3 Å². The Labute approximate surface area is 114 Å². The first kappa shape index (κ1) is 14.2. The molecule has 19 heavy (non-hydrogen) atoms. The molecule has 0 aromatic heterocycles. The molecule has 1 saturated heterocycles. The Kier molecular flexibility index (Phi) is 4.32. The average Bonchev–Trinajstić information content (AvgIpc) is 2.43. The van der Waals surface area contributed by atoms with Crippen LogP contribution in [0.15, 0.2) is 0 Å². The molecule has 0 N–H and O–H groups in total. The van der Waals surface area contributed by atoms with E-state index < -0.39 is 6.23 Å². The third-order valence-electron chi connectivity index (χ3n) is 4.43. The fraction of sp³-hybridized carbons (Fsp3) is 0.857. The molecule has 2 aliphatic rings. The minimum absolute atomic E-state index is 0.0345. The Morgan fingerprint density at radius 1 is 1.16 bits per heavy atom. The summed E-state index contributed by atoms with van der Waals surface area (Å²) in [7, 11) is 3.48. The number of amides is 2. The van der Waals surface area contributed by atoms with Gasteiger partial charge in [-0.1, -0.05) is 19.3 Å². The highest BCUT2D eigenvalue weighted by atomic mass is 16.6. The van der Waals surface area contributed by atoms with Gasteiger partial charge in [-0.15, -0.1) is 0 Å². The highest BCUT2D eigenvalue weighted by Crippen LogP contribution is 2.27. The lowest BCUT2D eigenvalue weighted by Gasteiger charge is -2.41. The van der Waals surface area contributed by atoms with Crippen molar-refractivity contribution >= 4 is 12.0 Å². The lowest BCUT2D eigenvalue weighted by molar-refractivity contribution is -0.165. The zero-order valence-electron chi connectivity index (χ0n) is 12.1. The SMILES string of the molecule is CC1CC(OC(=O)C2CCCCC2)N(C)C(=O)N1C. The molecule has 2 unspecified atom stereocenters. The van der Waals surface area contributed by atoms with E-state index in [9.17, 15) is 9.59 Å². The predicted octanol–water partition coefficient (Wildman–Crippen LogP) is 2.21. The summed E-state index contributed by atoms with van der Waals surface area (Å²) in [4.78, 5) is 27.3. The molecule has 2 rings (SSSR count). The van der Waals surface area contributed by atoms with Crippen molar-refractivity contribution in [2.24, 2.45) is 5.92 Å². The first-order valence-electron chi connectivity index (χ1n) is 7.21. The monoisotopic (exact) mass is 268 g/mol. The van der Waals surface area contributed by atoms with Crippen LogP contribution in [0.3, 0.4) is 0 Å². The van der Waals surface area contributed by atoms with Crippen LogP contribution in [-0.4, -0.2) is 48.2 Å². The summed E-state index contributed by atoms with van der Waals surface area (Å²) in [5.74, 6) is -0.0895. The molecule has 2 atom stereocenters. The van der Waals surface area contributed by atoms with Crippen LogP contribution in [0.25, 0.3) is 0 Å². The van der Waals surface area contributed by atoms with Gasteiger partial charge in [-0.25, -0.2) is 4.79 Å². The molecular weight excluding hydrogens is 244 g/mol. The lowest BCUT2D eigenvalue weighted by Crippen LogP contribution is -2.56. The Morgan fingerprint density at radius 3 is 2.42 bits per heavy atom. The van der Waals surface area contributed by atoms with E-state index in [0.717, 1.165) is 25.7 Å². The van der Waals surface area contributed by atoms with Gasteiger partial charge in [-0.05, 0) is 19.8 Å². The first-order chi connectivity index (χ1) is 9.00. The van der Waals surface area contributed by atoms with Gasteiger partial charge in [0, 0.05) is 26.6 Å². The highest BCUT2D eigenvalue weighted by Gasteiger charge is 2.36. The third-order valence-corrected chi connectivity index (χ3v) is 4.43. The predicted molar refractivity (Wildman–Crippen MR) is 71.5 cm³/mol. The van der Waals surface area contributed by atoms with E-state index in [1.54, 1.807) is 19.0 Å². The summed E-state index contributed by atoms with van der Waals surface area (Å²) in [6.45, 7) is 1.98. The van der Waals surface area contributed by atoms with Crippen molar-refractivity contribution in [3.05, 3.63) is 0 Å². The molecule has 2 amide bonds. The molecule has 0 radical (unpaired) electrons. The number of ether oxygens (including phenoxy) is 1. The van der Waals surface area contributed by atoms with Crippen LogP contribution in [0.5, 0.6) is 0 Å². The quantitative estimate of drug-likeness (QED) is 0.721. The lowest BCUT2D eigenvalue weighted by atomic mass is 9.89. The molecule has 1 aliphatic heterocycles. The standard InChI is InChI=1S/C14H24N2O3/c1-10-9-12(16(3)14(18)15(10)2)19-13(17)11-7-5-4-6-8-11/h10-12H,4-9H2,1-3H3. The smallest absolute Gasteiger partial charge is 0.322 e. The van der Waals surface area contributed by atoms with E-state index in [0.29, 0.717) is 6.42 Å². The van der Waals surface area contributed by atoms with E-state index in [4.69, 9.17) is 4.74 Å². The summed E-state index contributed by atoms with van der Waals surface area (Å²) in [6.07, 6.45) is 5.56. The van der Waals surface area contributed by atoms with Gasteiger partial charge in [-0.2, -0.15) is 0 Å². The van der Waals surface area contributed by atoms with Crippen molar-refractivity contribution in [1.82, 2.24) is 9.80 Å². The maximum atomic E-state index is 12.1. The Hall–Kier alpha value is -1.26. The van der Waals surface area contributed by atoms with Crippen LogP contribution in [0.1, 0.15) is 45.4 Å². The molecule has 0 aromatic carbocycles. The van der Waals surface area contributed by atoms with Gasteiger partial charge < -0.3 is 9.64 Å². The summed E-state index contributed by atoms with van der Waals surface area (Å²) >= 11 is 0. The van der Waals surface area contributed by atoms with E-state index in [1.165, 1.54) is 11.3 Å². The fourth-order valence-electron chi connectivity index (χ4n) is 2.86. The molecule has 1 saturated carbocycles. The van der Waals surface area contributed by atoms with Gasteiger partial charge in [0.25, 0.3) is 0 Å². The summed E-state index contributed by atoms with van der Waals surface area (Å²) in [6, 6.07) is 0.0213. The molecule has 5 heteroatoms. The summed E-state index contributed by atoms with van der Waals surface area (Å²) in [5.41, 5.74) is 0. The number of urea groups is 1. The van der Waals surface area contributed by atoms with Gasteiger partial charge in [-0.3, -0.25) is 9.69 Å². The molecular formula is C14H24N2O3. The van der Waals surface area contributed by atoms with E-state index in [-0.39, 0.29) is 24.0 Å². The Bertz CT molecular complexity index is 353. The molecule has 108 valence electrons. The number of nitrogens with zero attached hydrogens (tertiary/aromatic N) is 2. The van der Waals surface area contributed by atoms with Crippen molar-refractivity contribution in [1.29, 1.82) is 0 Å². The third kappa shape index (κ3) is 3.01. The number of hydrogen-bond acceptors (Lipinski definition) is 3. The van der Waals surface area contributed by atoms with Crippen molar-refractivity contribution in [2.75, 3.05) is 14.1 Å². The average molecular weight is 268 g/mol. The minimum Gasteiger partial charge on any atom is -0.441 e. The van der Waals surface area contributed by atoms with Gasteiger partial charge in [0.15, 0.2) is 6.23 Å². The normalized spacial score (nSPS) is 29.5. The molecule has 2 fully saturated rings. The molecule has 0 bridgehead atoms. The van der Waals surface area contributed by atoms with Crippen LogP contribution in [0.4, 0.5) is 4.79 Å². The topological polar surface area (TPSA) is 49.9 Å². The highest BCUT2D eigenvalue weighted by molar-refractivity contribution is 5.77. The van der Waals surface area contributed by atoms with Gasteiger partial charge >= 0.3 is 12.0 Å².